The Labute approximate surface area is 166 Å². The highest BCUT2D eigenvalue weighted by Gasteiger charge is 2.12. The van der Waals surface area contributed by atoms with E-state index < -0.39 is 0 Å². The summed E-state index contributed by atoms with van der Waals surface area (Å²) in [6, 6.07) is 24.4. The van der Waals surface area contributed by atoms with Crippen molar-refractivity contribution >= 4 is 46.0 Å². The molecule has 26 heavy (non-hydrogen) atoms. The van der Waals surface area contributed by atoms with Crippen LogP contribution in [0.5, 0.6) is 0 Å². The van der Waals surface area contributed by atoms with Crippen molar-refractivity contribution in [1.82, 2.24) is 9.55 Å². The molecule has 0 radical (unpaired) electrons. The normalized spacial score (nSPS) is 11.2. The third kappa shape index (κ3) is 3.75. The van der Waals surface area contributed by atoms with Crippen LogP contribution in [0.4, 0.5) is 0 Å². The lowest BCUT2D eigenvalue weighted by Gasteiger charge is -2.10. The van der Waals surface area contributed by atoms with Crippen LogP contribution in [0, 0.1) is 0 Å². The van der Waals surface area contributed by atoms with E-state index in [2.05, 4.69) is 41.0 Å². The standard InChI is InChI=1S/C21H16Cl2N2S/c22-17-11-10-15(12-18(17)23)13-25-20-9-5-4-8-19(20)24-21(25)14-26-16-6-2-1-3-7-16/h1-12H,13-14H2. The second-order valence-electron chi connectivity index (χ2n) is 5.95. The predicted molar refractivity (Wildman–Crippen MR) is 111 cm³/mol. The minimum atomic E-state index is 0.575. The van der Waals surface area contributed by atoms with E-state index in [0.29, 0.717) is 16.6 Å². The molecule has 0 fully saturated rings. The van der Waals surface area contributed by atoms with Crippen molar-refractivity contribution < 1.29 is 0 Å². The molecule has 2 nitrogen and oxygen atoms in total. The molecule has 0 N–H and O–H groups in total. The van der Waals surface area contributed by atoms with Crippen molar-refractivity contribution in [3.63, 3.8) is 0 Å². The van der Waals surface area contributed by atoms with Gasteiger partial charge >= 0.3 is 0 Å². The molecule has 1 heterocycles. The zero-order valence-electron chi connectivity index (χ0n) is 13.9. The molecule has 130 valence electrons. The van der Waals surface area contributed by atoms with Crippen LogP contribution >= 0.6 is 35.0 Å². The molecule has 0 saturated heterocycles. The maximum absolute atomic E-state index is 6.19. The molecule has 0 saturated carbocycles. The molecule has 4 aromatic rings. The summed E-state index contributed by atoms with van der Waals surface area (Å²) in [6.07, 6.45) is 0. The number of thioether (sulfide) groups is 1. The fourth-order valence-corrected chi connectivity index (χ4v) is 4.08. The zero-order valence-corrected chi connectivity index (χ0v) is 16.2. The highest BCUT2D eigenvalue weighted by Crippen LogP contribution is 2.27. The van der Waals surface area contributed by atoms with E-state index >= 15 is 0 Å². The lowest BCUT2D eigenvalue weighted by Crippen LogP contribution is -2.04. The highest BCUT2D eigenvalue weighted by atomic mass is 35.5. The van der Waals surface area contributed by atoms with E-state index in [9.17, 15) is 0 Å². The Morgan fingerprint density at radius 2 is 1.62 bits per heavy atom. The maximum Gasteiger partial charge on any atom is 0.120 e. The van der Waals surface area contributed by atoms with Crippen molar-refractivity contribution in [2.75, 3.05) is 0 Å². The molecule has 0 aliphatic heterocycles. The largest absolute Gasteiger partial charge is 0.323 e. The number of fused-ring (bicyclic) bond motifs is 1. The fraction of sp³-hybridized carbons (Fsp3) is 0.0952. The molecular weight excluding hydrogens is 383 g/mol. The molecular formula is C21H16Cl2N2S. The van der Waals surface area contributed by atoms with E-state index in [-0.39, 0.29) is 0 Å². The summed E-state index contributed by atoms with van der Waals surface area (Å²) in [5.41, 5.74) is 3.24. The van der Waals surface area contributed by atoms with E-state index in [1.807, 2.05) is 36.4 Å². The van der Waals surface area contributed by atoms with Gasteiger partial charge in [0.2, 0.25) is 0 Å². The molecule has 0 atom stereocenters. The first-order chi connectivity index (χ1) is 12.7. The lowest BCUT2D eigenvalue weighted by atomic mass is 10.2. The van der Waals surface area contributed by atoms with Crippen LogP contribution in [0.15, 0.2) is 77.7 Å². The highest BCUT2D eigenvalue weighted by molar-refractivity contribution is 7.98. The van der Waals surface area contributed by atoms with Gasteiger partial charge in [0.15, 0.2) is 0 Å². The Morgan fingerprint density at radius 1 is 0.846 bits per heavy atom. The molecule has 0 spiro atoms. The van der Waals surface area contributed by atoms with Crippen molar-refractivity contribution in [2.45, 2.75) is 17.2 Å². The Kier molecular flexibility index (Phi) is 5.21. The van der Waals surface area contributed by atoms with Gasteiger partial charge in [-0.05, 0) is 42.0 Å². The van der Waals surface area contributed by atoms with Crippen LogP contribution in [0.2, 0.25) is 10.0 Å². The van der Waals surface area contributed by atoms with Crippen molar-refractivity contribution in [3.05, 3.63) is 94.2 Å². The summed E-state index contributed by atoms with van der Waals surface area (Å²) in [6.45, 7) is 0.710. The van der Waals surface area contributed by atoms with Crippen LogP contribution in [-0.4, -0.2) is 9.55 Å². The SMILES string of the molecule is Clc1ccc(Cn2c(CSc3ccccc3)nc3ccccc32)cc1Cl. The smallest absolute Gasteiger partial charge is 0.120 e. The number of nitrogens with zero attached hydrogens (tertiary/aromatic N) is 2. The van der Waals surface area contributed by atoms with Crippen molar-refractivity contribution in [3.8, 4) is 0 Å². The number of imidazole rings is 1. The van der Waals surface area contributed by atoms with Gasteiger partial charge in [-0.25, -0.2) is 4.98 Å². The topological polar surface area (TPSA) is 17.8 Å². The lowest BCUT2D eigenvalue weighted by molar-refractivity contribution is 0.780. The van der Waals surface area contributed by atoms with E-state index in [1.54, 1.807) is 11.8 Å². The molecule has 1 aromatic heterocycles. The van der Waals surface area contributed by atoms with Gasteiger partial charge in [0.05, 0.1) is 26.8 Å². The summed E-state index contributed by atoms with van der Waals surface area (Å²) in [4.78, 5) is 6.08. The molecule has 0 amide bonds. The summed E-state index contributed by atoms with van der Waals surface area (Å²) in [5.74, 6) is 1.85. The van der Waals surface area contributed by atoms with Crippen molar-refractivity contribution in [1.29, 1.82) is 0 Å². The van der Waals surface area contributed by atoms with E-state index in [4.69, 9.17) is 28.2 Å². The van der Waals surface area contributed by atoms with Crippen molar-refractivity contribution in [2.24, 2.45) is 0 Å². The maximum atomic E-state index is 6.19. The molecule has 3 aromatic carbocycles. The van der Waals surface area contributed by atoms with Crippen LogP contribution < -0.4 is 0 Å². The van der Waals surface area contributed by atoms with Gasteiger partial charge in [0.1, 0.15) is 5.82 Å². The molecule has 0 bridgehead atoms. The van der Waals surface area contributed by atoms with Gasteiger partial charge in [-0.1, -0.05) is 59.6 Å². The molecule has 0 aliphatic rings. The monoisotopic (exact) mass is 398 g/mol. The first-order valence-corrected chi connectivity index (χ1v) is 10.0. The predicted octanol–water partition coefficient (Wildman–Crippen LogP) is 6.68. The summed E-state index contributed by atoms with van der Waals surface area (Å²) >= 11 is 14.0. The second-order valence-corrected chi connectivity index (χ2v) is 7.82. The number of aromatic nitrogens is 2. The van der Waals surface area contributed by atoms with Crippen LogP contribution in [0.1, 0.15) is 11.4 Å². The van der Waals surface area contributed by atoms with E-state index in [0.717, 1.165) is 28.2 Å². The quantitative estimate of drug-likeness (QED) is 0.348. The summed E-state index contributed by atoms with van der Waals surface area (Å²) in [5, 5.41) is 1.15. The number of para-hydroxylation sites is 2. The summed E-state index contributed by atoms with van der Waals surface area (Å²) < 4.78 is 2.25. The minimum Gasteiger partial charge on any atom is -0.323 e. The van der Waals surface area contributed by atoms with Gasteiger partial charge in [0.25, 0.3) is 0 Å². The van der Waals surface area contributed by atoms with Crippen LogP contribution in [0.25, 0.3) is 11.0 Å². The number of benzene rings is 3. The Morgan fingerprint density at radius 3 is 2.42 bits per heavy atom. The minimum absolute atomic E-state index is 0.575. The average Bonchev–Trinajstić information content (AvgIpc) is 3.01. The third-order valence-electron chi connectivity index (χ3n) is 4.17. The van der Waals surface area contributed by atoms with Crippen LogP contribution in [0.3, 0.4) is 0 Å². The molecule has 5 heteroatoms. The van der Waals surface area contributed by atoms with Gasteiger partial charge in [-0.3, -0.25) is 0 Å². The van der Waals surface area contributed by atoms with Gasteiger partial charge < -0.3 is 4.57 Å². The number of rotatable bonds is 5. The number of hydrogen-bond donors (Lipinski definition) is 0. The Bertz CT molecular complexity index is 1040. The first-order valence-electron chi connectivity index (χ1n) is 8.26. The van der Waals surface area contributed by atoms with Gasteiger partial charge in [0, 0.05) is 11.4 Å². The van der Waals surface area contributed by atoms with Gasteiger partial charge in [-0.15, -0.1) is 11.8 Å². The number of halogens is 2. The third-order valence-corrected chi connectivity index (χ3v) is 5.92. The first kappa shape index (κ1) is 17.5. The van der Waals surface area contributed by atoms with Gasteiger partial charge in [-0.2, -0.15) is 0 Å². The number of hydrogen-bond acceptors (Lipinski definition) is 2. The second kappa shape index (κ2) is 7.75. The Balaban J connectivity index is 1.68. The average molecular weight is 399 g/mol. The molecule has 4 rings (SSSR count). The van der Waals surface area contributed by atoms with Crippen LogP contribution in [-0.2, 0) is 12.3 Å². The van der Waals surface area contributed by atoms with E-state index in [1.165, 1.54) is 4.90 Å². The molecule has 0 aliphatic carbocycles. The molecule has 0 unspecified atom stereocenters. The summed E-state index contributed by atoms with van der Waals surface area (Å²) in [7, 11) is 0. The zero-order chi connectivity index (χ0) is 17.9. The fourth-order valence-electron chi connectivity index (χ4n) is 2.90. The Hall–Kier alpha value is -1.94.